The highest BCUT2D eigenvalue weighted by Gasteiger charge is 2.34. The van der Waals surface area contributed by atoms with Crippen molar-refractivity contribution >= 4 is 22.0 Å². The van der Waals surface area contributed by atoms with Crippen LogP contribution in [0.3, 0.4) is 0 Å². The molecular formula is C13H15FN2O6S. The van der Waals surface area contributed by atoms with Gasteiger partial charge in [-0.15, -0.1) is 0 Å². The predicted octanol–water partition coefficient (Wildman–Crippen LogP) is -0.121. The first kappa shape index (κ1) is 17.3. The third kappa shape index (κ3) is 3.33. The van der Waals surface area contributed by atoms with Crippen molar-refractivity contribution in [3.05, 3.63) is 29.1 Å². The van der Waals surface area contributed by atoms with Gasteiger partial charge in [0.2, 0.25) is 10.0 Å². The molecule has 3 N–H and O–H groups in total. The third-order valence-corrected chi connectivity index (χ3v) is 5.59. The molecule has 1 atom stereocenters. The number of piperazine rings is 1. The fourth-order valence-corrected chi connectivity index (χ4v) is 4.01. The molecule has 0 saturated carbocycles. The maximum absolute atomic E-state index is 13.8. The summed E-state index contributed by atoms with van der Waals surface area (Å²) in [5.41, 5.74) is -0.697. The molecule has 0 bridgehead atoms. The van der Waals surface area contributed by atoms with Crippen molar-refractivity contribution < 1.29 is 32.6 Å². The van der Waals surface area contributed by atoms with E-state index in [1.807, 2.05) is 0 Å². The van der Waals surface area contributed by atoms with Crippen molar-refractivity contribution in [1.29, 1.82) is 0 Å². The molecule has 1 aliphatic heterocycles. The molecule has 0 amide bonds. The van der Waals surface area contributed by atoms with Crippen molar-refractivity contribution in [2.45, 2.75) is 17.9 Å². The van der Waals surface area contributed by atoms with Gasteiger partial charge < -0.3 is 15.5 Å². The molecule has 1 heterocycles. The van der Waals surface area contributed by atoms with Gasteiger partial charge in [-0.25, -0.2) is 17.6 Å². The lowest BCUT2D eigenvalue weighted by molar-refractivity contribution is -0.140. The zero-order chi connectivity index (χ0) is 17.4. The van der Waals surface area contributed by atoms with Gasteiger partial charge in [0.1, 0.15) is 11.9 Å². The summed E-state index contributed by atoms with van der Waals surface area (Å²) < 4.78 is 40.1. The summed E-state index contributed by atoms with van der Waals surface area (Å²) in [4.78, 5) is 21.5. The van der Waals surface area contributed by atoms with Crippen LogP contribution >= 0.6 is 0 Å². The number of benzene rings is 1. The fourth-order valence-electron chi connectivity index (χ4n) is 2.29. The Kier molecular flexibility index (Phi) is 4.68. The minimum Gasteiger partial charge on any atom is -0.480 e. The van der Waals surface area contributed by atoms with E-state index in [-0.39, 0.29) is 25.2 Å². The number of rotatable bonds is 4. The summed E-state index contributed by atoms with van der Waals surface area (Å²) in [5, 5.41) is 20.6. The van der Waals surface area contributed by atoms with Gasteiger partial charge in [0.15, 0.2) is 0 Å². The van der Waals surface area contributed by atoms with E-state index < -0.39 is 44.3 Å². The first-order chi connectivity index (χ1) is 10.6. The quantitative estimate of drug-likeness (QED) is 0.694. The summed E-state index contributed by atoms with van der Waals surface area (Å²) in [7, 11) is -4.21. The maximum atomic E-state index is 13.8. The topological polar surface area (TPSA) is 124 Å². The lowest BCUT2D eigenvalue weighted by Gasteiger charge is -2.31. The normalized spacial score (nSPS) is 19.5. The van der Waals surface area contributed by atoms with Crippen LogP contribution < -0.4 is 5.32 Å². The van der Waals surface area contributed by atoms with Gasteiger partial charge in [-0.3, -0.25) is 4.79 Å². The number of nitrogens with one attached hydrogen (secondary N) is 1. The summed E-state index contributed by atoms with van der Waals surface area (Å²) in [6.07, 6.45) is 0. The number of carboxylic acid groups (broad SMARTS) is 2. The average Bonchev–Trinajstić information content (AvgIpc) is 2.49. The van der Waals surface area contributed by atoms with Gasteiger partial charge in [0.05, 0.1) is 10.5 Å². The fraction of sp³-hybridized carbons (Fsp3) is 0.385. The van der Waals surface area contributed by atoms with E-state index in [2.05, 4.69) is 5.32 Å². The average molecular weight is 346 g/mol. The van der Waals surface area contributed by atoms with E-state index in [0.29, 0.717) is 0 Å². The van der Waals surface area contributed by atoms with Crippen molar-refractivity contribution in [3.63, 3.8) is 0 Å². The van der Waals surface area contributed by atoms with Crippen LogP contribution in [-0.2, 0) is 14.8 Å². The summed E-state index contributed by atoms with van der Waals surface area (Å²) >= 11 is 0. The Labute approximate surface area is 131 Å². The van der Waals surface area contributed by atoms with Gasteiger partial charge in [-0.2, -0.15) is 4.31 Å². The van der Waals surface area contributed by atoms with E-state index in [1.165, 1.54) is 6.92 Å². The largest absolute Gasteiger partial charge is 0.480 e. The van der Waals surface area contributed by atoms with Crippen LogP contribution in [-0.4, -0.2) is 60.6 Å². The van der Waals surface area contributed by atoms with E-state index >= 15 is 0 Å². The van der Waals surface area contributed by atoms with E-state index in [0.717, 1.165) is 16.4 Å². The van der Waals surface area contributed by atoms with Crippen LogP contribution in [0.2, 0.25) is 0 Å². The van der Waals surface area contributed by atoms with Gasteiger partial charge in [-0.05, 0) is 19.1 Å². The lowest BCUT2D eigenvalue weighted by Crippen LogP contribution is -2.55. The molecule has 1 fully saturated rings. The molecule has 23 heavy (non-hydrogen) atoms. The number of carboxylic acids is 2. The van der Waals surface area contributed by atoms with Crippen LogP contribution in [0.5, 0.6) is 0 Å². The van der Waals surface area contributed by atoms with E-state index in [1.54, 1.807) is 0 Å². The third-order valence-electron chi connectivity index (χ3n) is 3.60. The highest BCUT2D eigenvalue weighted by Crippen LogP contribution is 2.25. The number of hydrogen-bond donors (Lipinski definition) is 3. The molecule has 1 saturated heterocycles. The number of aromatic carboxylic acids is 1. The Hall–Kier alpha value is -2.04. The zero-order valence-electron chi connectivity index (χ0n) is 12.1. The summed E-state index contributed by atoms with van der Waals surface area (Å²) in [6.45, 7) is 1.03. The Morgan fingerprint density at radius 1 is 1.35 bits per heavy atom. The molecule has 8 nitrogen and oxygen atoms in total. The number of sulfonamides is 1. The highest BCUT2D eigenvalue weighted by molar-refractivity contribution is 7.89. The van der Waals surface area contributed by atoms with Gasteiger partial charge in [0, 0.05) is 25.2 Å². The lowest BCUT2D eigenvalue weighted by atomic mass is 10.1. The molecule has 10 heteroatoms. The van der Waals surface area contributed by atoms with Gasteiger partial charge >= 0.3 is 11.9 Å². The number of halogens is 1. The van der Waals surface area contributed by atoms with Gasteiger partial charge in [-0.1, -0.05) is 0 Å². The van der Waals surface area contributed by atoms with Crippen LogP contribution in [0.1, 0.15) is 15.9 Å². The first-order valence-electron chi connectivity index (χ1n) is 6.64. The van der Waals surface area contributed by atoms with Crippen LogP contribution in [0.25, 0.3) is 0 Å². The molecule has 1 aromatic rings. The smallest absolute Gasteiger partial charge is 0.335 e. The first-order valence-corrected chi connectivity index (χ1v) is 8.08. The monoisotopic (exact) mass is 346 g/mol. The molecule has 0 aliphatic carbocycles. The molecule has 1 aromatic carbocycles. The number of carbonyl (C=O) groups is 2. The summed E-state index contributed by atoms with van der Waals surface area (Å²) in [5.74, 6) is -3.61. The van der Waals surface area contributed by atoms with E-state index in [9.17, 15) is 22.4 Å². The number of aliphatic carboxylic acids is 1. The van der Waals surface area contributed by atoms with Crippen LogP contribution in [0.15, 0.2) is 17.0 Å². The highest BCUT2D eigenvalue weighted by atomic mass is 32.2. The maximum Gasteiger partial charge on any atom is 0.335 e. The van der Waals surface area contributed by atoms with Crippen LogP contribution in [0.4, 0.5) is 4.39 Å². The van der Waals surface area contributed by atoms with Crippen molar-refractivity contribution in [3.8, 4) is 0 Å². The Morgan fingerprint density at radius 3 is 2.57 bits per heavy atom. The molecule has 0 unspecified atom stereocenters. The molecule has 126 valence electrons. The molecule has 2 rings (SSSR count). The second-order valence-corrected chi connectivity index (χ2v) is 7.00. The number of hydrogen-bond acceptors (Lipinski definition) is 5. The van der Waals surface area contributed by atoms with E-state index in [4.69, 9.17) is 10.2 Å². The van der Waals surface area contributed by atoms with Crippen molar-refractivity contribution in [1.82, 2.24) is 9.62 Å². The molecule has 1 aliphatic rings. The summed E-state index contributed by atoms with van der Waals surface area (Å²) in [6, 6.07) is 0.550. The molecule has 0 spiro atoms. The van der Waals surface area contributed by atoms with Crippen molar-refractivity contribution in [2.24, 2.45) is 0 Å². The standard InChI is InChI=1S/C13H15FN2O6S/c1-7-9(14)4-8(12(17)18)5-11(7)23(21,22)16-3-2-15-10(6-16)13(19)20/h4-5,10,15H,2-3,6H2,1H3,(H,17,18)(H,19,20)/t10-/m0/s1. The Bertz CT molecular complexity index is 764. The molecule has 0 aromatic heterocycles. The molecule has 0 radical (unpaired) electrons. The Balaban J connectivity index is 2.47. The second kappa shape index (κ2) is 6.22. The van der Waals surface area contributed by atoms with Gasteiger partial charge in [0.25, 0.3) is 0 Å². The molecular weight excluding hydrogens is 331 g/mol. The SMILES string of the molecule is Cc1c(F)cc(C(=O)O)cc1S(=O)(=O)N1CCN[C@H](C(=O)O)C1. The van der Waals surface area contributed by atoms with Crippen molar-refractivity contribution in [2.75, 3.05) is 19.6 Å². The van der Waals surface area contributed by atoms with Crippen LogP contribution in [0, 0.1) is 12.7 Å². The minimum atomic E-state index is -4.21. The number of nitrogens with zero attached hydrogens (tertiary/aromatic N) is 1. The minimum absolute atomic E-state index is 0.00444. The predicted molar refractivity (Wildman–Crippen MR) is 76.3 cm³/mol. The Morgan fingerprint density at radius 2 is 2.00 bits per heavy atom. The second-order valence-electron chi connectivity index (χ2n) is 5.09. The zero-order valence-corrected chi connectivity index (χ0v) is 12.9.